The molecule has 1 aliphatic heterocycles. The highest BCUT2D eigenvalue weighted by Gasteiger charge is 2.17. The van der Waals surface area contributed by atoms with Crippen molar-refractivity contribution >= 4 is 17.0 Å². The Bertz CT molecular complexity index is 501. The van der Waals surface area contributed by atoms with Gasteiger partial charge in [-0.1, -0.05) is 12.1 Å². The van der Waals surface area contributed by atoms with E-state index in [0.29, 0.717) is 0 Å². The lowest BCUT2D eigenvalue weighted by atomic mass is 10.2. The van der Waals surface area contributed by atoms with Gasteiger partial charge in [0.25, 0.3) is 0 Å². The Labute approximate surface area is 110 Å². The molecule has 4 nitrogen and oxygen atoms in total. The molecule has 1 aromatic heterocycles. The maximum absolute atomic E-state index is 5.91. The minimum Gasteiger partial charge on any atom is -0.485 e. The zero-order chi connectivity index (χ0) is 12.2. The Kier molecular flexibility index (Phi) is 3.43. The average Bonchev–Trinajstić information content (AvgIpc) is 2.92. The van der Waals surface area contributed by atoms with Crippen LogP contribution in [0.2, 0.25) is 0 Å². The van der Waals surface area contributed by atoms with Crippen LogP contribution in [-0.4, -0.2) is 24.2 Å². The lowest BCUT2D eigenvalue weighted by Gasteiger charge is -2.27. The van der Waals surface area contributed by atoms with E-state index < -0.39 is 0 Å². The molecule has 0 aliphatic carbocycles. The largest absolute Gasteiger partial charge is 0.485 e. The molecule has 5 heteroatoms. The van der Waals surface area contributed by atoms with Crippen LogP contribution in [0, 0.1) is 0 Å². The molecule has 0 radical (unpaired) electrons. The summed E-state index contributed by atoms with van der Waals surface area (Å²) < 4.78 is 5.91. The second-order valence-corrected chi connectivity index (χ2v) is 4.95. The molecule has 2 aromatic rings. The van der Waals surface area contributed by atoms with E-state index in [0.717, 1.165) is 36.8 Å². The first-order valence-corrected chi connectivity index (χ1v) is 6.93. The number of nitrogens with zero attached hydrogens (tertiary/aromatic N) is 1. The summed E-state index contributed by atoms with van der Waals surface area (Å²) in [6.07, 6.45) is 0.165. The molecule has 94 valence electrons. The van der Waals surface area contributed by atoms with E-state index in [2.05, 4.69) is 21.0 Å². The van der Waals surface area contributed by atoms with Crippen LogP contribution in [-0.2, 0) is 6.54 Å². The first-order chi connectivity index (χ1) is 8.92. The fraction of sp³-hybridized carbons (Fsp3) is 0.308. The summed E-state index contributed by atoms with van der Waals surface area (Å²) in [5, 5.41) is 8.80. The van der Waals surface area contributed by atoms with Crippen molar-refractivity contribution in [2.45, 2.75) is 12.6 Å². The molecule has 1 unspecified atom stereocenters. The van der Waals surface area contributed by atoms with Crippen molar-refractivity contribution in [3.05, 3.63) is 40.8 Å². The van der Waals surface area contributed by atoms with Gasteiger partial charge in [0.15, 0.2) is 0 Å². The van der Waals surface area contributed by atoms with Gasteiger partial charge in [0.2, 0.25) is 0 Å². The van der Waals surface area contributed by atoms with Gasteiger partial charge in [0, 0.05) is 18.5 Å². The number of hydrogen-bond donors (Lipinski definition) is 2. The molecule has 0 amide bonds. The smallest absolute Gasteiger partial charge is 0.142 e. The van der Waals surface area contributed by atoms with Crippen LogP contribution in [0.25, 0.3) is 0 Å². The molecule has 0 bridgehead atoms. The van der Waals surface area contributed by atoms with Crippen molar-refractivity contribution in [2.24, 2.45) is 0 Å². The van der Waals surface area contributed by atoms with Crippen molar-refractivity contribution in [1.82, 2.24) is 10.3 Å². The van der Waals surface area contributed by atoms with Gasteiger partial charge in [-0.2, -0.15) is 0 Å². The SMILES string of the molecule is c1ccc2c(c1)NCC(CNCc1cscn1)O2. The van der Waals surface area contributed by atoms with E-state index in [4.69, 9.17) is 4.74 Å². The topological polar surface area (TPSA) is 46.2 Å². The predicted octanol–water partition coefficient (Wildman–Crippen LogP) is 2.11. The Morgan fingerprint density at radius 1 is 1.44 bits per heavy atom. The van der Waals surface area contributed by atoms with Gasteiger partial charge in [-0.15, -0.1) is 11.3 Å². The Hall–Kier alpha value is -1.59. The molecule has 2 heterocycles. The van der Waals surface area contributed by atoms with Crippen LogP contribution in [0.15, 0.2) is 35.2 Å². The number of hydrogen-bond acceptors (Lipinski definition) is 5. The van der Waals surface area contributed by atoms with Crippen molar-refractivity contribution in [2.75, 3.05) is 18.4 Å². The maximum Gasteiger partial charge on any atom is 0.142 e. The summed E-state index contributed by atoms with van der Waals surface area (Å²) in [4.78, 5) is 4.23. The van der Waals surface area contributed by atoms with E-state index in [1.54, 1.807) is 11.3 Å². The number of aromatic nitrogens is 1. The van der Waals surface area contributed by atoms with Crippen LogP contribution < -0.4 is 15.4 Å². The summed E-state index contributed by atoms with van der Waals surface area (Å²) >= 11 is 1.62. The zero-order valence-electron chi connectivity index (χ0n) is 9.93. The normalized spacial score (nSPS) is 17.7. The average molecular weight is 261 g/mol. The van der Waals surface area contributed by atoms with Gasteiger partial charge < -0.3 is 15.4 Å². The highest BCUT2D eigenvalue weighted by atomic mass is 32.1. The highest BCUT2D eigenvalue weighted by Crippen LogP contribution is 2.27. The van der Waals surface area contributed by atoms with Crippen molar-refractivity contribution in [1.29, 1.82) is 0 Å². The van der Waals surface area contributed by atoms with Gasteiger partial charge in [-0.3, -0.25) is 0 Å². The van der Waals surface area contributed by atoms with E-state index >= 15 is 0 Å². The lowest BCUT2D eigenvalue weighted by Crippen LogP contribution is -2.39. The van der Waals surface area contributed by atoms with Crippen molar-refractivity contribution in [3.8, 4) is 5.75 Å². The van der Waals surface area contributed by atoms with Gasteiger partial charge in [0.05, 0.1) is 23.4 Å². The maximum atomic E-state index is 5.91. The second-order valence-electron chi connectivity index (χ2n) is 4.23. The molecule has 0 fully saturated rings. The van der Waals surface area contributed by atoms with Gasteiger partial charge >= 0.3 is 0 Å². The third kappa shape index (κ3) is 2.63. The zero-order valence-corrected chi connectivity index (χ0v) is 10.7. The van der Waals surface area contributed by atoms with E-state index in [9.17, 15) is 0 Å². The van der Waals surface area contributed by atoms with Gasteiger partial charge in [-0.05, 0) is 12.1 Å². The summed E-state index contributed by atoms with van der Waals surface area (Å²) in [6, 6.07) is 8.03. The highest BCUT2D eigenvalue weighted by molar-refractivity contribution is 7.07. The minimum atomic E-state index is 0.165. The minimum absolute atomic E-state index is 0.165. The third-order valence-electron chi connectivity index (χ3n) is 2.86. The summed E-state index contributed by atoms with van der Waals surface area (Å²) in [5.41, 5.74) is 4.02. The molecule has 18 heavy (non-hydrogen) atoms. The lowest BCUT2D eigenvalue weighted by molar-refractivity contribution is 0.201. The monoisotopic (exact) mass is 261 g/mol. The number of para-hydroxylation sites is 2. The summed E-state index contributed by atoms with van der Waals surface area (Å²) in [6.45, 7) is 2.45. The van der Waals surface area contributed by atoms with E-state index in [1.807, 2.05) is 29.8 Å². The quantitative estimate of drug-likeness (QED) is 0.885. The molecular weight excluding hydrogens is 246 g/mol. The number of thiazole rings is 1. The Balaban J connectivity index is 1.51. The fourth-order valence-corrected chi connectivity index (χ4v) is 2.52. The van der Waals surface area contributed by atoms with Gasteiger partial charge in [-0.25, -0.2) is 4.98 Å². The molecule has 3 rings (SSSR count). The summed E-state index contributed by atoms with van der Waals surface area (Å²) in [5.74, 6) is 0.934. The van der Waals surface area contributed by atoms with Crippen molar-refractivity contribution in [3.63, 3.8) is 0 Å². The Morgan fingerprint density at radius 3 is 3.28 bits per heavy atom. The Morgan fingerprint density at radius 2 is 2.39 bits per heavy atom. The summed E-state index contributed by atoms with van der Waals surface area (Å²) in [7, 11) is 0. The molecular formula is C13H15N3OS. The molecule has 1 atom stereocenters. The third-order valence-corrected chi connectivity index (χ3v) is 3.50. The molecule has 1 aliphatic rings. The molecule has 1 aromatic carbocycles. The molecule has 0 saturated carbocycles. The van der Waals surface area contributed by atoms with E-state index in [1.165, 1.54) is 0 Å². The van der Waals surface area contributed by atoms with Gasteiger partial charge in [0.1, 0.15) is 11.9 Å². The van der Waals surface area contributed by atoms with Crippen molar-refractivity contribution < 1.29 is 4.74 Å². The van der Waals surface area contributed by atoms with Crippen LogP contribution in [0.4, 0.5) is 5.69 Å². The number of fused-ring (bicyclic) bond motifs is 1. The number of nitrogens with one attached hydrogen (secondary N) is 2. The van der Waals surface area contributed by atoms with Crippen LogP contribution in [0.1, 0.15) is 5.69 Å². The van der Waals surface area contributed by atoms with Crippen LogP contribution in [0.3, 0.4) is 0 Å². The second kappa shape index (κ2) is 5.37. The molecule has 2 N–H and O–H groups in total. The number of anilines is 1. The molecule has 0 spiro atoms. The molecule has 0 saturated heterocycles. The standard InChI is InChI=1S/C13H15N3OS/c1-2-4-13-12(3-1)15-7-11(17-13)6-14-5-10-8-18-9-16-10/h1-4,8-9,11,14-15H,5-7H2. The number of benzene rings is 1. The predicted molar refractivity (Wildman–Crippen MR) is 73.2 cm³/mol. The van der Waals surface area contributed by atoms with E-state index in [-0.39, 0.29) is 6.10 Å². The first kappa shape index (κ1) is 11.5. The fourth-order valence-electron chi connectivity index (χ4n) is 1.96. The van der Waals surface area contributed by atoms with Crippen LogP contribution >= 0.6 is 11.3 Å². The first-order valence-electron chi connectivity index (χ1n) is 5.99. The number of rotatable bonds is 4. The van der Waals surface area contributed by atoms with Crippen LogP contribution in [0.5, 0.6) is 5.75 Å². The number of ether oxygens (including phenoxy) is 1.